The lowest BCUT2D eigenvalue weighted by molar-refractivity contribution is -0.140. The summed E-state index contributed by atoms with van der Waals surface area (Å²) in [6.45, 7) is 8.59. The van der Waals surface area contributed by atoms with E-state index in [-0.39, 0.29) is 24.9 Å². The van der Waals surface area contributed by atoms with Crippen molar-refractivity contribution in [3.63, 3.8) is 0 Å². The van der Waals surface area contributed by atoms with Gasteiger partial charge in [-0.05, 0) is 18.8 Å². The zero-order valence-corrected chi connectivity index (χ0v) is 14.9. The van der Waals surface area contributed by atoms with E-state index in [9.17, 15) is 13.2 Å². The maximum Gasteiger partial charge on any atom is 0.306 e. The van der Waals surface area contributed by atoms with Gasteiger partial charge in [-0.3, -0.25) is 4.79 Å². The number of nitrogens with zero attached hydrogens (tertiary/aromatic N) is 2. The molecule has 0 aromatic carbocycles. The first-order valence-electron chi connectivity index (χ1n) is 7.50. The molecule has 0 aromatic heterocycles. The number of carbonyl (C=O) groups is 1. The molecule has 0 rings (SSSR count). The third-order valence-electron chi connectivity index (χ3n) is 3.44. The summed E-state index contributed by atoms with van der Waals surface area (Å²) in [5, 5.41) is 0. The molecular formula is C14H30N2O4S. The van der Waals surface area contributed by atoms with E-state index in [1.807, 2.05) is 27.7 Å². The average molecular weight is 322 g/mol. The summed E-state index contributed by atoms with van der Waals surface area (Å²) in [7, 11) is -0.759. The van der Waals surface area contributed by atoms with Crippen molar-refractivity contribution in [1.29, 1.82) is 0 Å². The lowest BCUT2D eigenvalue weighted by Crippen LogP contribution is -2.48. The summed E-state index contributed by atoms with van der Waals surface area (Å²) in [4.78, 5) is 11.2. The van der Waals surface area contributed by atoms with Crippen LogP contribution < -0.4 is 0 Å². The van der Waals surface area contributed by atoms with E-state index in [2.05, 4.69) is 4.74 Å². The Morgan fingerprint density at radius 1 is 1.19 bits per heavy atom. The topological polar surface area (TPSA) is 66.9 Å². The molecular weight excluding hydrogens is 292 g/mol. The molecule has 0 spiro atoms. The molecule has 126 valence electrons. The van der Waals surface area contributed by atoms with Crippen molar-refractivity contribution in [2.24, 2.45) is 5.92 Å². The van der Waals surface area contributed by atoms with Crippen molar-refractivity contribution in [3.05, 3.63) is 0 Å². The fourth-order valence-electron chi connectivity index (χ4n) is 2.13. The monoisotopic (exact) mass is 322 g/mol. The number of carbonyl (C=O) groups excluding carboxylic acids is 1. The van der Waals surface area contributed by atoms with Gasteiger partial charge in [0.15, 0.2) is 0 Å². The van der Waals surface area contributed by atoms with Gasteiger partial charge in [0, 0.05) is 26.2 Å². The van der Waals surface area contributed by atoms with Crippen LogP contribution in [-0.4, -0.2) is 56.3 Å². The molecule has 0 aliphatic heterocycles. The number of rotatable bonds is 10. The highest BCUT2D eigenvalue weighted by Gasteiger charge is 2.32. The Morgan fingerprint density at radius 2 is 1.71 bits per heavy atom. The summed E-state index contributed by atoms with van der Waals surface area (Å²) in [5.41, 5.74) is 0. The molecule has 0 aliphatic rings. The molecule has 0 atom stereocenters. The largest absolute Gasteiger partial charge is 0.469 e. The summed E-state index contributed by atoms with van der Waals surface area (Å²) in [6.07, 6.45) is 1.60. The maximum atomic E-state index is 12.7. The molecule has 21 heavy (non-hydrogen) atoms. The number of methoxy groups -OCH3 is 1. The normalized spacial score (nSPS) is 12.7. The summed E-state index contributed by atoms with van der Waals surface area (Å²) in [6, 6.07) is -0.0158. The average Bonchev–Trinajstić information content (AvgIpc) is 2.43. The van der Waals surface area contributed by atoms with Crippen molar-refractivity contribution in [1.82, 2.24) is 8.61 Å². The zero-order chi connectivity index (χ0) is 16.6. The first-order valence-corrected chi connectivity index (χ1v) is 8.90. The molecule has 0 amide bonds. The quantitative estimate of drug-likeness (QED) is 0.576. The van der Waals surface area contributed by atoms with Crippen molar-refractivity contribution < 1.29 is 17.9 Å². The van der Waals surface area contributed by atoms with Crippen molar-refractivity contribution in [3.8, 4) is 0 Å². The van der Waals surface area contributed by atoms with Gasteiger partial charge in [-0.15, -0.1) is 0 Å². The smallest absolute Gasteiger partial charge is 0.306 e. The highest BCUT2D eigenvalue weighted by atomic mass is 32.2. The Kier molecular flexibility index (Phi) is 9.08. The maximum absolute atomic E-state index is 12.7. The summed E-state index contributed by atoms with van der Waals surface area (Å²) < 4.78 is 32.8. The predicted molar refractivity (Wildman–Crippen MR) is 84.1 cm³/mol. The third kappa shape index (κ3) is 6.32. The molecule has 6 nitrogen and oxygen atoms in total. The van der Waals surface area contributed by atoms with Crippen LogP contribution in [0.4, 0.5) is 0 Å². The minimum absolute atomic E-state index is 0.0158. The molecule has 0 aromatic rings. The van der Waals surface area contributed by atoms with Gasteiger partial charge in [-0.25, -0.2) is 0 Å². The van der Waals surface area contributed by atoms with Crippen molar-refractivity contribution in [2.75, 3.05) is 27.2 Å². The minimum Gasteiger partial charge on any atom is -0.469 e. The first kappa shape index (κ1) is 20.3. The SMILES string of the molecule is CCC(CC)N(CC(C)C)S(=O)(=O)N(C)CCC(=O)OC. The van der Waals surface area contributed by atoms with Crippen LogP contribution in [0.3, 0.4) is 0 Å². The lowest BCUT2D eigenvalue weighted by atomic mass is 10.1. The van der Waals surface area contributed by atoms with Gasteiger partial charge < -0.3 is 4.74 Å². The van der Waals surface area contributed by atoms with E-state index in [0.717, 1.165) is 12.8 Å². The van der Waals surface area contributed by atoms with E-state index in [4.69, 9.17) is 0 Å². The Bertz CT molecular complexity index is 405. The Labute approximate surface area is 129 Å². The highest BCUT2D eigenvalue weighted by Crippen LogP contribution is 2.18. The van der Waals surface area contributed by atoms with Crippen LogP contribution in [0.1, 0.15) is 47.0 Å². The Hall–Kier alpha value is -0.660. The van der Waals surface area contributed by atoms with E-state index in [0.29, 0.717) is 6.54 Å². The zero-order valence-electron chi connectivity index (χ0n) is 14.1. The van der Waals surface area contributed by atoms with Crippen LogP contribution in [0.15, 0.2) is 0 Å². The third-order valence-corrected chi connectivity index (χ3v) is 5.45. The van der Waals surface area contributed by atoms with Gasteiger partial charge in [-0.2, -0.15) is 17.0 Å². The number of hydrogen-bond acceptors (Lipinski definition) is 4. The number of hydrogen-bond donors (Lipinski definition) is 0. The van der Waals surface area contributed by atoms with Crippen LogP contribution in [-0.2, 0) is 19.7 Å². The van der Waals surface area contributed by atoms with Gasteiger partial charge in [0.05, 0.1) is 13.5 Å². The van der Waals surface area contributed by atoms with Gasteiger partial charge in [0.2, 0.25) is 0 Å². The van der Waals surface area contributed by atoms with E-state index >= 15 is 0 Å². The molecule has 0 saturated carbocycles. The van der Waals surface area contributed by atoms with Crippen LogP contribution >= 0.6 is 0 Å². The van der Waals surface area contributed by atoms with E-state index in [1.165, 1.54) is 18.5 Å². The fraction of sp³-hybridized carbons (Fsp3) is 0.929. The van der Waals surface area contributed by atoms with Crippen molar-refractivity contribution >= 4 is 16.2 Å². The Morgan fingerprint density at radius 3 is 2.10 bits per heavy atom. The molecule has 0 aliphatic carbocycles. The standard InChI is InChI=1S/C14H30N2O4S/c1-7-13(8-2)16(11-12(3)4)21(18,19)15(5)10-9-14(17)20-6/h12-13H,7-11H2,1-6H3. The van der Waals surface area contributed by atoms with Gasteiger partial charge >= 0.3 is 5.97 Å². The molecule has 7 heteroatoms. The molecule has 0 unspecified atom stereocenters. The molecule has 0 bridgehead atoms. The highest BCUT2D eigenvalue weighted by molar-refractivity contribution is 7.86. The second kappa shape index (κ2) is 9.38. The van der Waals surface area contributed by atoms with E-state index in [1.54, 1.807) is 4.31 Å². The van der Waals surface area contributed by atoms with Crippen LogP contribution in [0.5, 0.6) is 0 Å². The van der Waals surface area contributed by atoms with E-state index < -0.39 is 16.2 Å². The molecule has 0 radical (unpaired) electrons. The summed E-state index contributed by atoms with van der Waals surface area (Å²) in [5.74, 6) is -0.163. The molecule has 0 fully saturated rings. The second-order valence-corrected chi connectivity index (χ2v) is 7.58. The van der Waals surface area contributed by atoms with Gasteiger partial charge in [0.1, 0.15) is 0 Å². The molecule has 0 heterocycles. The van der Waals surface area contributed by atoms with Crippen LogP contribution in [0.25, 0.3) is 0 Å². The second-order valence-electron chi connectivity index (χ2n) is 5.59. The number of esters is 1. The van der Waals surface area contributed by atoms with Crippen LogP contribution in [0, 0.1) is 5.92 Å². The lowest BCUT2D eigenvalue weighted by Gasteiger charge is -2.34. The molecule has 0 saturated heterocycles. The molecule has 0 N–H and O–H groups in total. The summed E-state index contributed by atoms with van der Waals surface area (Å²) >= 11 is 0. The van der Waals surface area contributed by atoms with Crippen molar-refractivity contribution in [2.45, 2.75) is 53.0 Å². The van der Waals surface area contributed by atoms with Gasteiger partial charge in [0.25, 0.3) is 10.2 Å². The predicted octanol–water partition coefficient (Wildman–Crippen LogP) is 1.87. The Balaban J connectivity index is 5.11. The van der Waals surface area contributed by atoms with Crippen LogP contribution in [0.2, 0.25) is 0 Å². The number of ether oxygens (including phenoxy) is 1. The van der Waals surface area contributed by atoms with Gasteiger partial charge in [-0.1, -0.05) is 27.7 Å². The fourth-order valence-corrected chi connectivity index (χ4v) is 3.97. The minimum atomic E-state index is -3.56. The first-order chi connectivity index (χ1) is 9.70.